The lowest BCUT2D eigenvalue weighted by atomic mass is 9.75. The van der Waals surface area contributed by atoms with Crippen molar-refractivity contribution in [2.45, 2.75) is 46.1 Å². The van der Waals surface area contributed by atoms with Crippen LogP contribution in [0.5, 0.6) is 0 Å². The number of ether oxygens (including phenoxy) is 1. The quantitative estimate of drug-likeness (QED) is 0.860. The molecule has 0 radical (unpaired) electrons. The number of nitrogens with zero attached hydrogens (tertiary/aromatic N) is 2. The van der Waals surface area contributed by atoms with E-state index >= 15 is 0 Å². The fraction of sp³-hybridized carbons (Fsp3) is 0.750. The molecule has 1 unspecified atom stereocenters. The number of aryl methyl sites for hydroxylation is 1. The van der Waals surface area contributed by atoms with Crippen molar-refractivity contribution in [2.24, 2.45) is 11.1 Å². The van der Waals surface area contributed by atoms with Gasteiger partial charge in [0.2, 0.25) is 0 Å². The Morgan fingerprint density at radius 2 is 2.14 bits per heavy atom. The number of H-pyrrole nitrogens is 1. The smallest absolute Gasteiger partial charge is 0.291 e. The third kappa shape index (κ3) is 3.17. The van der Waals surface area contributed by atoms with Crippen molar-refractivity contribution in [3.63, 3.8) is 0 Å². The summed E-state index contributed by atoms with van der Waals surface area (Å²) in [7, 11) is 0. The number of hydrogen-bond acceptors (Lipinski definition) is 5. The molecule has 1 atom stereocenters. The van der Waals surface area contributed by atoms with Gasteiger partial charge in [-0.3, -0.25) is 4.79 Å². The summed E-state index contributed by atoms with van der Waals surface area (Å²) < 4.78 is 5.52. The van der Waals surface area contributed by atoms with Gasteiger partial charge in [-0.1, -0.05) is 20.8 Å². The lowest BCUT2D eigenvalue weighted by molar-refractivity contribution is 0.131. The Hall–Kier alpha value is -1.40. The molecular weight excluding hydrogens is 280 g/mol. The topological polar surface area (TPSA) is 84.2 Å². The number of aromatic nitrogens is 2. The van der Waals surface area contributed by atoms with Gasteiger partial charge in [-0.2, -0.15) is 0 Å². The van der Waals surface area contributed by atoms with Crippen LogP contribution < -0.4 is 16.2 Å². The van der Waals surface area contributed by atoms with E-state index in [0.717, 1.165) is 44.7 Å². The molecule has 2 aliphatic rings. The van der Waals surface area contributed by atoms with Gasteiger partial charge in [-0.25, -0.2) is 4.98 Å². The molecule has 3 N–H and O–H groups in total. The zero-order chi connectivity index (χ0) is 16.2. The van der Waals surface area contributed by atoms with E-state index in [1.807, 2.05) is 20.8 Å². The summed E-state index contributed by atoms with van der Waals surface area (Å²) in [6.07, 6.45) is 4.47. The Labute approximate surface area is 132 Å². The highest BCUT2D eigenvalue weighted by Crippen LogP contribution is 2.38. The SMILES string of the molecule is CC.CCc1cnc(N2CCC3(CC2)COCC3N)c(=O)[nH]1. The molecule has 124 valence electrons. The van der Waals surface area contributed by atoms with E-state index in [1.54, 1.807) is 6.20 Å². The van der Waals surface area contributed by atoms with E-state index in [-0.39, 0.29) is 17.0 Å². The molecule has 0 bridgehead atoms. The third-order valence-corrected chi connectivity index (χ3v) is 4.73. The van der Waals surface area contributed by atoms with Crippen molar-refractivity contribution in [1.29, 1.82) is 0 Å². The molecule has 6 nitrogen and oxygen atoms in total. The molecule has 22 heavy (non-hydrogen) atoms. The Morgan fingerprint density at radius 1 is 1.45 bits per heavy atom. The van der Waals surface area contributed by atoms with E-state index in [0.29, 0.717) is 12.4 Å². The maximum atomic E-state index is 12.1. The molecule has 1 aromatic heterocycles. The van der Waals surface area contributed by atoms with Crippen LogP contribution in [0.2, 0.25) is 0 Å². The van der Waals surface area contributed by atoms with Gasteiger partial charge in [0.1, 0.15) is 0 Å². The number of piperidine rings is 1. The average molecular weight is 308 g/mol. The van der Waals surface area contributed by atoms with Crippen LogP contribution in [-0.2, 0) is 11.2 Å². The predicted molar refractivity (Wildman–Crippen MR) is 88.3 cm³/mol. The van der Waals surface area contributed by atoms with Gasteiger partial charge in [0.05, 0.1) is 13.2 Å². The molecule has 0 amide bonds. The van der Waals surface area contributed by atoms with Gasteiger partial charge in [0, 0.05) is 36.4 Å². The highest BCUT2D eigenvalue weighted by Gasteiger charge is 2.44. The Bertz CT molecular complexity index is 535. The second kappa shape index (κ2) is 7.24. The van der Waals surface area contributed by atoms with Crippen LogP contribution in [-0.4, -0.2) is 42.3 Å². The van der Waals surface area contributed by atoms with Crippen LogP contribution in [0.4, 0.5) is 5.82 Å². The molecule has 2 aliphatic heterocycles. The summed E-state index contributed by atoms with van der Waals surface area (Å²) >= 11 is 0. The minimum absolute atomic E-state index is 0.0905. The predicted octanol–water partition coefficient (Wildman–Crippen LogP) is 1.30. The highest BCUT2D eigenvalue weighted by atomic mass is 16.5. The van der Waals surface area contributed by atoms with Crippen LogP contribution in [0.15, 0.2) is 11.0 Å². The largest absolute Gasteiger partial charge is 0.379 e. The van der Waals surface area contributed by atoms with E-state index in [9.17, 15) is 4.79 Å². The maximum absolute atomic E-state index is 12.1. The number of nitrogens with one attached hydrogen (secondary N) is 1. The van der Waals surface area contributed by atoms with Gasteiger partial charge in [-0.15, -0.1) is 0 Å². The molecular formula is C16H28N4O2. The van der Waals surface area contributed by atoms with Crippen LogP contribution in [0.1, 0.15) is 39.3 Å². The molecule has 1 spiro atoms. The van der Waals surface area contributed by atoms with Gasteiger partial charge in [-0.05, 0) is 19.3 Å². The average Bonchev–Trinajstić information content (AvgIpc) is 2.91. The van der Waals surface area contributed by atoms with Crippen LogP contribution in [0.25, 0.3) is 0 Å². The van der Waals surface area contributed by atoms with Crippen molar-refractivity contribution in [3.8, 4) is 0 Å². The Balaban J connectivity index is 0.000000847. The minimum Gasteiger partial charge on any atom is -0.379 e. The second-order valence-electron chi connectivity index (χ2n) is 5.89. The van der Waals surface area contributed by atoms with E-state index < -0.39 is 0 Å². The third-order valence-electron chi connectivity index (χ3n) is 4.73. The molecule has 0 aliphatic carbocycles. The number of anilines is 1. The summed E-state index contributed by atoms with van der Waals surface area (Å²) in [6, 6.07) is 0.123. The molecule has 0 aromatic carbocycles. The van der Waals surface area contributed by atoms with Gasteiger partial charge in [0.25, 0.3) is 5.56 Å². The summed E-state index contributed by atoms with van der Waals surface area (Å²) in [5.41, 5.74) is 7.06. The fourth-order valence-corrected chi connectivity index (χ4v) is 3.19. The summed E-state index contributed by atoms with van der Waals surface area (Å²) in [6.45, 7) is 9.04. The van der Waals surface area contributed by atoms with Crippen molar-refractivity contribution in [2.75, 3.05) is 31.2 Å². The minimum atomic E-state index is -0.0905. The molecule has 0 saturated carbocycles. The van der Waals surface area contributed by atoms with E-state index in [2.05, 4.69) is 14.9 Å². The van der Waals surface area contributed by atoms with Gasteiger partial charge >= 0.3 is 0 Å². The number of aromatic amines is 1. The zero-order valence-corrected chi connectivity index (χ0v) is 13.9. The lowest BCUT2D eigenvalue weighted by Gasteiger charge is -2.40. The van der Waals surface area contributed by atoms with Gasteiger partial charge < -0.3 is 20.4 Å². The molecule has 1 aromatic rings. The van der Waals surface area contributed by atoms with Crippen molar-refractivity contribution >= 4 is 5.82 Å². The summed E-state index contributed by atoms with van der Waals surface area (Å²) in [4.78, 5) is 21.3. The van der Waals surface area contributed by atoms with Crippen molar-refractivity contribution in [3.05, 3.63) is 22.2 Å². The standard InChI is InChI=1S/C14H22N4O2.C2H6/c1-2-10-7-16-12(13(19)17-10)18-5-3-14(4-6-18)9-20-8-11(14)15;1-2/h7,11H,2-6,8-9,15H2,1H3,(H,17,19);1-2H3. The van der Waals surface area contributed by atoms with Crippen LogP contribution in [0, 0.1) is 5.41 Å². The van der Waals surface area contributed by atoms with E-state index in [4.69, 9.17) is 10.5 Å². The second-order valence-corrected chi connectivity index (χ2v) is 5.89. The summed E-state index contributed by atoms with van der Waals surface area (Å²) in [5, 5.41) is 0. The number of nitrogens with two attached hydrogens (primary N) is 1. The van der Waals surface area contributed by atoms with E-state index in [1.165, 1.54) is 0 Å². The fourth-order valence-electron chi connectivity index (χ4n) is 3.19. The number of rotatable bonds is 2. The molecule has 2 saturated heterocycles. The molecule has 3 heterocycles. The first-order chi connectivity index (χ1) is 10.6. The maximum Gasteiger partial charge on any atom is 0.291 e. The monoisotopic (exact) mass is 308 g/mol. The Kier molecular flexibility index (Phi) is 5.58. The lowest BCUT2D eigenvalue weighted by Crippen LogP contribution is -2.50. The van der Waals surface area contributed by atoms with Crippen molar-refractivity contribution in [1.82, 2.24) is 9.97 Å². The summed E-state index contributed by atoms with van der Waals surface area (Å²) in [5.74, 6) is 0.532. The van der Waals surface area contributed by atoms with Crippen molar-refractivity contribution < 1.29 is 4.74 Å². The first-order valence-corrected chi connectivity index (χ1v) is 8.31. The van der Waals surface area contributed by atoms with Crippen LogP contribution in [0.3, 0.4) is 0 Å². The first-order valence-electron chi connectivity index (χ1n) is 8.31. The van der Waals surface area contributed by atoms with Crippen LogP contribution >= 0.6 is 0 Å². The Morgan fingerprint density at radius 3 is 2.64 bits per heavy atom. The first kappa shape index (κ1) is 17.0. The van der Waals surface area contributed by atoms with Gasteiger partial charge in [0.15, 0.2) is 5.82 Å². The normalized spacial score (nSPS) is 23.3. The number of hydrogen-bond donors (Lipinski definition) is 2. The zero-order valence-electron chi connectivity index (χ0n) is 13.9. The molecule has 3 rings (SSSR count). The molecule has 2 fully saturated rings. The molecule has 6 heteroatoms. The highest BCUT2D eigenvalue weighted by molar-refractivity contribution is 5.37.